The fourth-order valence-electron chi connectivity index (χ4n) is 0.455. The van der Waals surface area contributed by atoms with E-state index in [1.54, 1.807) is 0 Å². The van der Waals surface area contributed by atoms with Gasteiger partial charge in [0.05, 0.1) is 0 Å². The maximum Gasteiger partial charge on any atom is 0.239 e. The lowest BCUT2D eigenvalue weighted by atomic mass is 10.7. The maximum absolute atomic E-state index is 5.50. The molecule has 0 radical (unpaired) electrons. The van der Waals surface area contributed by atoms with Crippen LogP contribution in [0.15, 0.2) is 6.07 Å². The molecule has 0 atom stereocenters. The highest BCUT2D eigenvalue weighted by molar-refractivity contribution is 6.33. The first-order chi connectivity index (χ1) is 4.72. The third-order valence-electron chi connectivity index (χ3n) is 0.793. The second-order valence-electron chi connectivity index (χ2n) is 1.48. The number of aromatic nitrogens is 2. The highest BCUT2D eigenvalue weighted by Crippen LogP contribution is 2.12. The van der Waals surface area contributed by atoms with Crippen LogP contribution in [0.1, 0.15) is 0 Å². The molecule has 10 heavy (non-hydrogen) atoms. The minimum atomic E-state index is 0.206. The zero-order chi connectivity index (χ0) is 7.56. The van der Waals surface area contributed by atoms with Crippen LogP contribution in [0.2, 0.25) is 10.3 Å². The Balaban J connectivity index is 3.06. The molecular weight excluding hydrogens is 175 g/mol. The first-order valence-electron chi connectivity index (χ1n) is 2.39. The predicted octanol–water partition coefficient (Wildman–Crippen LogP) is 1.07. The van der Waals surface area contributed by atoms with Crippen molar-refractivity contribution in [3.05, 3.63) is 16.4 Å². The lowest BCUT2D eigenvalue weighted by Gasteiger charge is -1.97. The van der Waals surface area contributed by atoms with Crippen molar-refractivity contribution in [1.82, 2.24) is 9.97 Å². The van der Waals surface area contributed by atoms with Crippen LogP contribution in [0.5, 0.6) is 0 Å². The number of nitrogens with one attached hydrogen (secondary N) is 1. The summed E-state index contributed by atoms with van der Waals surface area (Å²) in [5, 5.41) is 0.515. The summed E-state index contributed by atoms with van der Waals surface area (Å²) in [4.78, 5) is 7.37. The summed E-state index contributed by atoms with van der Waals surface area (Å²) in [5.74, 6) is 5.20. The van der Waals surface area contributed by atoms with Crippen LogP contribution in [0.25, 0.3) is 0 Å². The van der Waals surface area contributed by atoms with Gasteiger partial charge < -0.3 is 0 Å². The number of hydrogen-bond donors (Lipinski definition) is 2. The van der Waals surface area contributed by atoms with Crippen LogP contribution >= 0.6 is 23.2 Å². The Morgan fingerprint density at radius 3 is 2.20 bits per heavy atom. The number of rotatable bonds is 1. The van der Waals surface area contributed by atoms with Gasteiger partial charge in [0, 0.05) is 6.07 Å². The monoisotopic (exact) mass is 178 g/mol. The quantitative estimate of drug-likeness (QED) is 0.384. The molecule has 1 aromatic rings. The number of nitrogens with two attached hydrogens (primary N) is 1. The van der Waals surface area contributed by atoms with Crippen molar-refractivity contribution in [2.24, 2.45) is 5.84 Å². The molecule has 3 N–H and O–H groups in total. The van der Waals surface area contributed by atoms with E-state index >= 15 is 0 Å². The van der Waals surface area contributed by atoms with E-state index in [0.717, 1.165) is 0 Å². The van der Waals surface area contributed by atoms with Crippen LogP contribution in [-0.2, 0) is 0 Å². The molecule has 4 nitrogen and oxygen atoms in total. The summed E-state index contributed by atoms with van der Waals surface area (Å²) < 4.78 is 0. The van der Waals surface area contributed by atoms with Gasteiger partial charge in [0.25, 0.3) is 0 Å². The molecule has 0 amide bonds. The lowest BCUT2D eigenvalue weighted by Crippen LogP contribution is -2.10. The molecule has 0 aliphatic carbocycles. The molecule has 0 spiro atoms. The molecule has 1 aromatic heterocycles. The number of hydrogen-bond acceptors (Lipinski definition) is 4. The molecule has 0 saturated carbocycles. The minimum Gasteiger partial charge on any atom is -0.292 e. The Kier molecular flexibility index (Phi) is 2.26. The zero-order valence-electron chi connectivity index (χ0n) is 4.81. The van der Waals surface area contributed by atoms with E-state index in [2.05, 4.69) is 15.4 Å². The van der Waals surface area contributed by atoms with Crippen molar-refractivity contribution < 1.29 is 0 Å². The van der Waals surface area contributed by atoms with Gasteiger partial charge in [-0.3, -0.25) is 5.43 Å². The molecule has 0 saturated heterocycles. The summed E-state index contributed by atoms with van der Waals surface area (Å²) in [6, 6.07) is 1.42. The van der Waals surface area contributed by atoms with Gasteiger partial charge in [0.15, 0.2) is 0 Å². The molecule has 54 valence electrons. The Bertz CT molecular complexity index is 218. The van der Waals surface area contributed by atoms with E-state index in [9.17, 15) is 0 Å². The minimum absolute atomic E-state index is 0.206. The van der Waals surface area contributed by atoms with Gasteiger partial charge in [0.2, 0.25) is 5.95 Å². The molecule has 6 heteroatoms. The van der Waals surface area contributed by atoms with E-state index in [-0.39, 0.29) is 16.3 Å². The number of nitrogens with zero attached hydrogens (tertiary/aromatic N) is 2. The highest BCUT2D eigenvalue weighted by Gasteiger charge is 1.97. The van der Waals surface area contributed by atoms with E-state index in [4.69, 9.17) is 29.0 Å². The van der Waals surface area contributed by atoms with E-state index in [1.807, 2.05) is 0 Å². The summed E-state index contributed by atoms with van der Waals surface area (Å²) in [5.41, 5.74) is 2.22. The number of anilines is 1. The smallest absolute Gasteiger partial charge is 0.239 e. The van der Waals surface area contributed by atoms with Crippen LogP contribution in [0.3, 0.4) is 0 Å². The summed E-state index contributed by atoms with van der Waals surface area (Å²) in [6.07, 6.45) is 0. The first-order valence-corrected chi connectivity index (χ1v) is 3.14. The Hall–Kier alpha value is -0.580. The molecule has 0 bridgehead atoms. The third-order valence-corrected chi connectivity index (χ3v) is 1.18. The SMILES string of the molecule is NNc1nc(Cl)cc(Cl)n1. The second-order valence-corrected chi connectivity index (χ2v) is 2.26. The predicted molar refractivity (Wildman–Crippen MR) is 39.9 cm³/mol. The van der Waals surface area contributed by atoms with Gasteiger partial charge in [-0.1, -0.05) is 23.2 Å². The second kappa shape index (κ2) is 3.01. The molecule has 0 unspecified atom stereocenters. The van der Waals surface area contributed by atoms with Crippen LogP contribution in [-0.4, -0.2) is 9.97 Å². The molecule has 1 heterocycles. The summed E-state index contributed by atoms with van der Waals surface area (Å²) in [6.45, 7) is 0. The van der Waals surface area contributed by atoms with Gasteiger partial charge in [-0.2, -0.15) is 9.97 Å². The molecule has 0 aliphatic heterocycles. The number of nitrogen functional groups attached to an aromatic ring is 1. The van der Waals surface area contributed by atoms with Gasteiger partial charge in [-0.15, -0.1) is 0 Å². The Labute approximate surface area is 67.3 Å². The van der Waals surface area contributed by atoms with Crippen molar-refractivity contribution >= 4 is 29.2 Å². The largest absolute Gasteiger partial charge is 0.292 e. The van der Waals surface area contributed by atoms with Crippen molar-refractivity contribution in [2.45, 2.75) is 0 Å². The fourth-order valence-corrected chi connectivity index (χ4v) is 0.877. The fraction of sp³-hybridized carbons (Fsp3) is 0. The average molecular weight is 179 g/mol. The van der Waals surface area contributed by atoms with Gasteiger partial charge in [-0.05, 0) is 0 Å². The molecule has 0 aliphatic rings. The molecule has 0 aromatic carbocycles. The first kappa shape index (κ1) is 7.53. The van der Waals surface area contributed by atoms with Gasteiger partial charge in [-0.25, -0.2) is 5.84 Å². The van der Waals surface area contributed by atoms with Crippen LogP contribution in [0.4, 0.5) is 5.95 Å². The topological polar surface area (TPSA) is 63.8 Å². The van der Waals surface area contributed by atoms with Crippen molar-refractivity contribution in [2.75, 3.05) is 5.43 Å². The van der Waals surface area contributed by atoms with E-state index < -0.39 is 0 Å². The average Bonchev–Trinajstić information content (AvgIpc) is 1.85. The summed E-state index contributed by atoms with van der Waals surface area (Å²) in [7, 11) is 0. The molecule has 1 rings (SSSR count). The van der Waals surface area contributed by atoms with Crippen molar-refractivity contribution in [3.8, 4) is 0 Å². The summed E-state index contributed by atoms with van der Waals surface area (Å²) >= 11 is 11.0. The van der Waals surface area contributed by atoms with E-state index in [0.29, 0.717) is 0 Å². The standard InChI is InChI=1S/C4H4Cl2N4/c5-2-1-3(6)9-4(8-2)10-7/h1H,7H2,(H,8,9,10). The molecule has 0 fully saturated rings. The zero-order valence-corrected chi connectivity index (χ0v) is 6.32. The lowest BCUT2D eigenvalue weighted by molar-refractivity contribution is 1.12. The van der Waals surface area contributed by atoms with Gasteiger partial charge >= 0.3 is 0 Å². The van der Waals surface area contributed by atoms with Crippen LogP contribution in [0, 0.1) is 0 Å². The van der Waals surface area contributed by atoms with E-state index in [1.165, 1.54) is 6.07 Å². The van der Waals surface area contributed by atoms with Crippen LogP contribution < -0.4 is 11.3 Å². The van der Waals surface area contributed by atoms with Crippen molar-refractivity contribution in [1.29, 1.82) is 0 Å². The van der Waals surface area contributed by atoms with Gasteiger partial charge in [0.1, 0.15) is 10.3 Å². The van der Waals surface area contributed by atoms with Crippen molar-refractivity contribution in [3.63, 3.8) is 0 Å². The Morgan fingerprint density at radius 1 is 1.30 bits per heavy atom. The maximum atomic E-state index is 5.50. The number of hydrazine groups is 1. The third kappa shape index (κ3) is 1.70. The molecular formula is C4H4Cl2N4. The normalized spacial score (nSPS) is 9.50. The highest BCUT2D eigenvalue weighted by atomic mass is 35.5. The number of halogens is 2. The Morgan fingerprint density at radius 2 is 1.80 bits per heavy atom.